The van der Waals surface area contributed by atoms with E-state index >= 15 is 0 Å². The maximum atomic E-state index is 12.5. The minimum absolute atomic E-state index is 0.0506. The molecular weight excluding hydrogens is 396 g/mol. The van der Waals surface area contributed by atoms with E-state index in [1.54, 1.807) is 44.6 Å². The molecule has 2 N–H and O–H groups in total. The summed E-state index contributed by atoms with van der Waals surface area (Å²) in [5, 5.41) is 5.94. The number of carbonyl (C=O) groups is 1. The Hall–Kier alpha value is -3.87. The van der Waals surface area contributed by atoms with E-state index in [0.717, 1.165) is 5.75 Å². The molecule has 3 aromatic rings. The van der Waals surface area contributed by atoms with Crippen LogP contribution in [0.2, 0.25) is 0 Å². The topological polar surface area (TPSA) is 78.1 Å². The molecule has 7 nitrogen and oxygen atoms in total. The molecule has 0 fully saturated rings. The first-order chi connectivity index (χ1) is 15.2. The zero-order valence-corrected chi connectivity index (χ0v) is 17.6. The molecule has 1 amide bonds. The van der Waals surface area contributed by atoms with Crippen LogP contribution in [0.15, 0.2) is 72.8 Å². The Balaban J connectivity index is 1.52. The van der Waals surface area contributed by atoms with Gasteiger partial charge in [-0.1, -0.05) is 30.3 Å². The number of anilines is 2. The Morgan fingerprint density at radius 1 is 0.742 bits per heavy atom. The third-order valence-corrected chi connectivity index (χ3v) is 4.36. The summed E-state index contributed by atoms with van der Waals surface area (Å²) in [6.45, 7) is 0.791. The van der Waals surface area contributed by atoms with E-state index in [1.807, 2.05) is 42.5 Å². The van der Waals surface area contributed by atoms with E-state index in [1.165, 1.54) is 0 Å². The first kappa shape index (κ1) is 21.8. The van der Waals surface area contributed by atoms with Gasteiger partial charge in [-0.05, 0) is 36.4 Å². The van der Waals surface area contributed by atoms with Crippen molar-refractivity contribution in [1.82, 2.24) is 0 Å². The van der Waals surface area contributed by atoms with Crippen LogP contribution in [0.4, 0.5) is 11.4 Å². The smallest absolute Gasteiger partial charge is 0.243 e. The fraction of sp³-hybridized carbons (Fsp3) is 0.208. The molecule has 0 bridgehead atoms. The minimum atomic E-state index is -0.221. The van der Waals surface area contributed by atoms with Crippen molar-refractivity contribution in [3.8, 4) is 23.0 Å². The Morgan fingerprint density at radius 2 is 1.48 bits per heavy atom. The molecule has 0 saturated heterocycles. The molecule has 0 heterocycles. The third-order valence-electron chi connectivity index (χ3n) is 4.36. The SMILES string of the molecule is COc1ccc(OC)c(NCC(=O)Nc2ccccc2OCCOc2ccccc2)c1. The Kier molecular flexibility index (Phi) is 7.99. The summed E-state index contributed by atoms with van der Waals surface area (Å²) in [6, 6.07) is 22.2. The van der Waals surface area contributed by atoms with Crippen LogP contribution in [0.25, 0.3) is 0 Å². The molecule has 3 aromatic carbocycles. The van der Waals surface area contributed by atoms with E-state index in [-0.39, 0.29) is 12.5 Å². The predicted octanol–water partition coefficient (Wildman–Crippen LogP) is 4.21. The van der Waals surface area contributed by atoms with Crippen molar-refractivity contribution in [1.29, 1.82) is 0 Å². The van der Waals surface area contributed by atoms with Crippen LogP contribution >= 0.6 is 0 Å². The average molecular weight is 422 g/mol. The normalized spacial score (nSPS) is 10.1. The molecular formula is C24H26N2O5. The summed E-state index contributed by atoms with van der Waals surface area (Å²) in [5.74, 6) is 2.43. The molecule has 0 aliphatic heterocycles. The minimum Gasteiger partial charge on any atom is -0.497 e. The van der Waals surface area contributed by atoms with Crippen LogP contribution < -0.4 is 29.6 Å². The van der Waals surface area contributed by atoms with Crippen LogP contribution in [0.5, 0.6) is 23.0 Å². The van der Waals surface area contributed by atoms with Crippen molar-refractivity contribution in [2.75, 3.05) is 44.6 Å². The lowest BCUT2D eigenvalue weighted by molar-refractivity contribution is -0.114. The number of methoxy groups -OCH3 is 2. The van der Waals surface area contributed by atoms with Gasteiger partial charge in [-0.3, -0.25) is 4.79 Å². The van der Waals surface area contributed by atoms with Gasteiger partial charge in [-0.25, -0.2) is 0 Å². The Labute approximate surface area is 181 Å². The lowest BCUT2D eigenvalue weighted by Gasteiger charge is -2.15. The second-order valence-corrected chi connectivity index (χ2v) is 6.47. The average Bonchev–Trinajstić information content (AvgIpc) is 2.82. The Bertz CT molecular complexity index is 979. The highest BCUT2D eigenvalue weighted by atomic mass is 16.5. The molecule has 0 atom stereocenters. The van der Waals surface area contributed by atoms with Crippen molar-refractivity contribution < 1.29 is 23.7 Å². The molecule has 0 aliphatic rings. The van der Waals surface area contributed by atoms with E-state index in [2.05, 4.69) is 10.6 Å². The summed E-state index contributed by atoms with van der Waals surface area (Å²) in [6.07, 6.45) is 0. The number of amides is 1. The monoisotopic (exact) mass is 422 g/mol. The summed E-state index contributed by atoms with van der Waals surface area (Å²) in [7, 11) is 3.16. The van der Waals surface area contributed by atoms with Gasteiger partial charge in [0, 0.05) is 6.07 Å². The van der Waals surface area contributed by atoms with E-state index in [4.69, 9.17) is 18.9 Å². The van der Waals surface area contributed by atoms with Gasteiger partial charge >= 0.3 is 0 Å². The lowest BCUT2D eigenvalue weighted by Crippen LogP contribution is -2.22. The van der Waals surface area contributed by atoms with Crippen LogP contribution in [-0.4, -0.2) is 39.9 Å². The summed E-state index contributed by atoms with van der Waals surface area (Å²) >= 11 is 0. The number of rotatable bonds is 11. The molecule has 31 heavy (non-hydrogen) atoms. The quantitative estimate of drug-likeness (QED) is 0.451. The highest BCUT2D eigenvalue weighted by molar-refractivity contribution is 5.95. The predicted molar refractivity (Wildman–Crippen MR) is 121 cm³/mol. The maximum absolute atomic E-state index is 12.5. The maximum Gasteiger partial charge on any atom is 0.243 e. The Morgan fingerprint density at radius 3 is 2.26 bits per heavy atom. The van der Waals surface area contributed by atoms with Crippen molar-refractivity contribution in [2.45, 2.75) is 0 Å². The van der Waals surface area contributed by atoms with Crippen molar-refractivity contribution in [3.63, 3.8) is 0 Å². The molecule has 0 aliphatic carbocycles. The third kappa shape index (κ3) is 6.57. The number of ether oxygens (including phenoxy) is 4. The van der Waals surface area contributed by atoms with Crippen molar-refractivity contribution >= 4 is 17.3 Å². The van der Waals surface area contributed by atoms with E-state index < -0.39 is 0 Å². The van der Waals surface area contributed by atoms with E-state index in [9.17, 15) is 4.79 Å². The fourth-order valence-electron chi connectivity index (χ4n) is 2.85. The highest BCUT2D eigenvalue weighted by Gasteiger charge is 2.10. The molecule has 162 valence electrons. The summed E-state index contributed by atoms with van der Waals surface area (Å²) in [5.41, 5.74) is 1.26. The van der Waals surface area contributed by atoms with Crippen LogP contribution in [0.3, 0.4) is 0 Å². The van der Waals surface area contributed by atoms with Gasteiger partial charge in [0.25, 0.3) is 0 Å². The van der Waals surface area contributed by atoms with Crippen molar-refractivity contribution in [3.05, 3.63) is 72.8 Å². The molecule has 7 heteroatoms. The van der Waals surface area contributed by atoms with Gasteiger partial charge in [0.05, 0.1) is 32.1 Å². The van der Waals surface area contributed by atoms with Gasteiger partial charge in [0.1, 0.15) is 36.2 Å². The molecule has 0 saturated carbocycles. The first-order valence-electron chi connectivity index (χ1n) is 9.85. The van der Waals surface area contributed by atoms with Crippen LogP contribution in [0.1, 0.15) is 0 Å². The molecule has 3 rings (SSSR count). The number of hydrogen-bond donors (Lipinski definition) is 2. The first-order valence-corrected chi connectivity index (χ1v) is 9.85. The second-order valence-electron chi connectivity index (χ2n) is 6.47. The van der Waals surface area contributed by atoms with Gasteiger partial charge in [-0.2, -0.15) is 0 Å². The summed E-state index contributed by atoms with van der Waals surface area (Å²) in [4.78, 5) is 12.5. The number of carbonyl (C=O) groups excluding carboxylic acids is 1. The number of para-hydroxylation sites is 3. The molecule has 0 aromatic heterocycles. The molecule has 0 radical (unpaired) electrons. The molecule has 0 unspecified atom stereocenters. The summed E-state index contributed by atoms with van der Waals surface area (Å²) < 4.78 is 22.0. The number of hydrogen-bond acceptors (Lipinski definition) is 6. The van der Waals surface area contributed by atoms with Gasteiger partial charge < -0.3 is 29.6 Å². The van der Waals surface area contributed by atoms with Crippen molar-refractivity contribution in [2.24, 2.45) is 0 Å². The zero-order valence-electron chi connectivity index (χ0n) is 17.6. The standard InChI is InChI=1S/C24H26N2O5/c1-28-19-12-13-22(29-2)21(16-19)25-17-24(27)26-20-10-6-7-11-23(20)31-15-14-30-18-8-4-3-5-9-18/h3-13,16,25H,14-15,17H2,1-2H3,(H,26,27). The highest BCUT2D eigenvalue weighted by Crippen LogP contribution is 2.29. The van der Waals surface area contributed by atoms with Gasteiger partial charge in [0.2, 0.25) is 5.91 Å². The second kappa shape index (κ2) is 11.3. The van der Waals surface area contributed by atoms with Gasteiger partial charge in [-0.15, -0.1) is 0 Å². The number of benzene rings is 3. The lowest BCUT2D eigenvalue weighted by atomic mass is 10.2. The van der Waals surface area contributed by atoms with E-state index in [0.29, 0.717) is 41.8 Å². The van der Waals surface area contributed by atoms with Crippen LogP contribution in [0, 0.1) is 0 Å². The molecule has 0 spiro atoms. The number of nitrogens with one attached hydrogen (secondary N) is 2. The zero-order chi connectivity index (χ0) is 21.9. The largest absolute Gasteiger partial charge is 0.497 e. The van der Waals surface area contributed by atoms with Crippen LogP contribution in [-0.2, 0) is 4.79 Å². The van der Waals surface area contributed by atoms with Gasteiger partial charge in [0.15, 0.2) is 0 Å². The fourth-order valence-corrected chi connectivity index (χ4v) is 2.85.